The number of nitrogens with zero attached hydrogens (tertiary/aromatic N) is 3. The lowest BCUT2D eigenvalue weighted by atomic mass is 9.92. The molecule has 0 saturated heterocycles. The van der Waals surface area contributed by atoms with Crippen molar-refractivity contribution in [1.82, 2.24) is 15.1 Å². The zero-order valence-corrected chi connectivity index (χ0v) is 15.1. The standard InChI is InChI=1S/C21H18N4O/c1-11-15(10-22)6-5-7-17(11)18-8-16(20-12(2)25-26-13(20)3)9-19-21(18)24-14(4)23-19/h5-9H,1-4H3,(H,23,24). The summed E-state index contributed by atoms with van der Waals surface area (Å²) in [6, 6.07) is 12.2. The summed E-state index contributed by atoms with van der Waals surface area (Å²) in [5.41, 5.74) is 8.35. The van der Waals surface area contributed by atoms with E-state index in [1.807, 2.05) is 45.9 Å². The predicted molar refractivity (Wildman–Crippen MR) is 101 cm³/mol. The number of aromatic amines is 1. The SMILES string of the molecule is Cc1nc2c(-c3cccc(C#N)c3C)cc(-c3c(C)noc3C)cc2[nH]1. The van der Waals surface area contributed by atoms with Crippen molar-refractivity contribution in [1.29, 1.82) is 5.26 Å². The maximum absolute atomic E-state index is 9.39. The Hall–Kier alpha value is -3.39. The Balaban J connectivity index is 2.08. The largest absolute Gasteiger partial charge is 0.361 e. The lowest BCUT2D eigenvalue weighted by Crippen LogP contribution is -1.91. The third-order valence-electron chi connectivity index (χ3n) is 4.77. The van der Waals surface area contributed by atoms with Gasteiger partial charge in [0.2, 0.25) is 0 Å². The third-order valence-corrected chi connectivity index (χ3v) is 4.77. The molecule has 4 aromatic rings. The van der Waals surface area contributed by atoms with Gasteiger partial charge >= 0.3 is 0 Å². The van der Waals surface area contributed by atoms with Crippen LogP contribution >= 0.6 is 0 Å². The molecule has 0 spiro atoms. The molecule has 0 aliphatic rings. The van der Waals surface area contributed by atoms with Crippen molar-refractivity contribution < 1.29 is 4.52 Å². The molecular formula is C21H18N4O. The molecule has 0 unspecified atom stereocenters. The van der Waals surface area contributed by atoms with E-state index in [1.165, 1.54) is 0 Å². The Bertz CT molecular complexity index is 1170. The van der Waals surface area contributed by atoms with Crippen LogP contribution in [0.5, 0.6) is 0 Å². The van der Waals surface area contributed by atoms with Crippen molar-refractivity contribution in [3.05, 3.63) is 58.7 Å². The van der Waals surface area contributed by atoms with E-state index < -0.39 is 0 Å². The summed E-state index contributed by atoms with van der Waals surface area (Å²) < 4.78 is 5.35. The zero-order chi connectivity index (χ0) is 18.4. The maximum Gasteiger partial charge on any atom is 0.141 e. The van der Waals surface area contributed by atoms with Crippen LogP contribution in [-0.2, 0) is 0 Å². The van der Waals surface area contributed by atoms with Crippen molar-refractivity contribution in [2.45, 2.75) is 27.7 Å². The second kappa shape index (κ2) is 5.85. The Morgan fingerprint density at radius 3 is 2.58 bits per heavy atom. The first-order valence-electron chi connectivity index (χ1n) is 8.43. The predicted octanol–water partition coefficient (Wildman–Crippen LogP) is 4.99. The summed E-state index contributed by atoms with van der Waals surface area (Å²) in [5.74, 6) is 1.64. The monoisotopic (exact) mass is 342 g/mol. The molecule has 2 heterocycles. The number of nitrogens with one attached hydrogen (secondary N) is 1. The van der Waals surface area contributed by atoms with Gasteiger partial charge in [0.1, 0.15) is 11.6 Å². The fourth-order valence-corrected chi connectivity index (χ4v) is 3.53. The van der Waals surface area contributed by atoms with E-state index in [9.17, 15) is 5.26 Å². The number of benzene rings is 2. The topological polar surface area (TPSA) is 78.5 Å². The molecule has 0 aliphatic heterocycles. The molecule has 1 N–H and O–H groups in total. The number of hydrogen-bond acceptors (Lipinski definition) is 4. The second-order valence-electron chi connectivity index (χ2n) is 6.53. The number of H-pyrrole nitrogens is 1. The van der Waals surface area contributed by atoms with Gasteiger partial charge in [-0.1, -0.05) is 17.3 Å². The maximum atomic E-state index is 9.39. The van der Waals surface area contributed by atoms with Crippen LogP contribution in [0.3, 0.4) is 0 Å². The molecule has 0 bridgehead atoms. The first kappa shape index (κ1) is 16.1. The first-order chi connectivity index (χ1) is 12.5. The molecule has 0 saturated carbocycles. The average molecular weight is 342 g/mol. The minimum Gasteiger partial charge on any atom is -0.361 e. The van der Waals surface area contributed by atoms with Crippen LogP contribution in [0, 0.1) is 39.0 Å². The van der Waals surface area contributed by atoms with Gasteiger partial charge in [0.15, 0.2) is 0 Å². The summed E-state index contributed by atoms with van der Waals surface area (Å²) in [7, 11) is 0. The Morgan fingerprint density at radius 1 is 1.08 bits per heavy atom. The number of fused-ring (bicyclic) bond motifs is 1. The zero-order valence-electron chi connectivity index (χ0n) is 15.1. The normalized spacial score (nSPS) is 11.0. The molecule has 0 aliphatic carbocycles. The van der Waals surface area contributed by atoms with E-state index in [1.54, 1.807) is 0 Å². The van der Waals surface area contributed by atoms with Crippen LogP contribution in [-0.4, -0.2) is 15.1 Å². The Kier molecular flexibility index (Phi) is 3.62. The van der Waals surface area contributed by atoms with E-state index in [4.69, 9.17) is 4.52 Å². The molecule has 0 radical (unpaired) electrons. The van der Waals surface area contributed by atoms with Crippen molar-refractivity contribution in [2.24, 2.45) is 0 Å². The van der Waals surface area contributed by atoms with Gasteiger partial charge in [0.25, 0.3) is 0 Å². The van der Waals surface area contributed by atoms with Gasteiger partial charge in [-0.25, -0.2) is 4.98 Å². The highest BCUT2D eigenvalue weighted by molar-refractivity contribution is 5.97. The van der Waals surface area contributed by atoms with Gasteiger partial charge in [-0.3, -0.25) is 0 Å². The lowest BCUT2D eigenvalue weighted by molar-refractivity contribution is 0.393. The van der Waals surface area contributed by atoms with Gasteiger partial charge in [-0.2, -0.15) is 5.26 Å². The first-order valence-corrected chi connectivity index (χ1v) is 8.43. The molecule has 2 aromatic carbocycles. The number of nitriles is 1. The molecule has 0 atom stereocenters. The van der Waals surface area contributed by atoms with Crippen molar-refractivity contribution in [2.75, 3.05) is 0 Å². The van der Waals surface area contributed by atoms with Crippen molar-refractivity contribution in [3.8, 4) is 28.3 Å². The van der Waals surface area contributed by atoms with Crippen LogP contribution in [0.15, 0.2) is 34.9 Å². The highest BCUT2D eigenvalue weighted by Crippen LogP contribution is 2.37. The average Bonchev–Trinajstić information content (AvgIpc) is 3.15. The molecule has 4 rings (SSSR count). The molecule has 5 nitrogen and oxygen atoms in total. The number of imidazole rings is 1. The van der Waals surface area contributed by atoms with Gasteiger partial charge in [-0.15, -0.1) is 0 Å². The van der Waals surface area contributed by atoms with Crippen LogP contribution < -0.4 is 0 Å². The highest BCUT2D eigenvalue weighted by atomic mass is 16.5. The molecule has 0 amide bonds. The van der Waals surface area contributed by atoms with Gasteiger partial charge in [0.05, 0.1) is 28.4 Å². The van der Waals surface area contributed by atoms with Crippen LogP contribution in [0.1, 0.15) is 28.4 Å². The smallest absolute Gasteiger partial charge is 0.141 e. The Morgan fingerprint density at radius 2 is 1.88 bits per heavy atom. The van der Waals surface area contributed by atoms with Crippen LogP contribution in [0.2, 0.25) is 0 Å². The number of rotatable bonds is 2. The Labute approximate surface area is 151 Å². The van der Waals surface area contributed by atoms with Crippen LogP contribution in [0.25, 0.3) is 33.3 Å². The van der Waals surface area contributed by atoms with E-state index in [2.05, 4.69) is 33.3 Å². The summed E-state index contributed by atoms with van der Waals surface area (Å²) in [6.07, 6.45) is 0. The van der Waals surface area contributed by atoms with E-state index in [-0.39, 0.29) is 0 Å². The quantitative estimate of drug-likeness (QED) is 0.556. The van der Waals surface area contributed by atoms with Gasteiger partial charge in [0, 0.05) is 11.1 Å². The summed E-state index contributed by atoms with van der Waals surface area (Å²) in [6.45, 7) is 7.77. The molecule has 128 valence electrons. The van der Waals surface area contributed by atoms with E-state index in [0.29, 0.717) is 5.56 Å². The lowest BCUT2D eigenvalue weighted by Gasteiger charge is -2.11. The van der Waals surface area contributed by atoms with Crippen molar-refractivity contribution in [3.63, 3.8) is 0 Å². The van der Waals surface area contributed by atoms with E-state index in [0.717, 1.165) is 56.1 Å². The fourth-order valence-electron chi connectivity index (χ4n) is 3.53. The van der Waals surface area contributed by atoms with Gasteiger partial charge in [-0.05, 0) is 62.6 Å². The molecule has 2 aromatic heterocycles. The molecule has 0 fully saturated rings. The summed E-state index contributed by atoms with van der Waals surface area (Å²) in [5, 5.41) is 13.5. The van der Waals surface area contributed by atoms with E-state index >= 15 is 0 Å². The second-order valence-corrected chi connectivity index (χ2v) is 6.53. The summed E-state index contributed by atoms with van der Waals surface area (Å²) >= 11 is 0. The fraction of sp³-hybridized carbons (Fsp3) is 0.190. The van der Waals surface area contributed by atoms with Crippen LogP contribution in [0.4, 0.5) is 0 Å². The third kappa shape index (κ3) is 2.39. The minimum absolute atomic E-state index is 0.672. The number of hydrogen-bond donors (Lipinski definition) is 1. The number of aryl methyl sites for hydroxylation is 3. The molecular weight excluding hydrogens is 324 g/mol. The summed E-state index contributed by atoms with van der Waals surface area (Å²) in [4.78, 5) is 8.01. The highest BCUT2D eigenvalue weighted by Gasteiger charge is 2.18. The van der Waals surface area contributed by atoms with Crippen molar-refractivity contribution >= 4 is 11.0 Å². The molecule has 26 heavy (non-hydrogen) atoms. The van der Waals surface area contributed by atoms with Gasteiger partial charge < -0.3 is 9.51 Å². The number of aromatic nitrogens is 3. The molecule has 5 heteroatoms. The minimum atomic E-state index is 0.672.